The van der Waals surface area contributed by atoms with Crippen LogP contribution in [0.25, 0.3) is 6.08 Å². The first-order valence-corrected chi connectivity index (χ1v) is 10.1. The zero-order valence-corrected chi connectivity index (χ0v) is 17.5. The number of aryl methyl sites for hydroxylation is 1. The molecule has 2 aromatic rings. The quantitative estimate of drug-likeness (QED) is 0.593. The Labute approximate surface area is 174 Å². The molecule has 0 spiro atoms. The molecule has 152 valence electrons. The van der Waals surface area contributed by atoms with Gasteiger partial charge in [-0.25, -0.2) is 0 Å². The van der Waals surface area contributed by atoms with E-state index in [0.717, 1.165) is 17.3 Å². The summed E-state index contributed by atoms with van der Waals surface area (Å²) >= 11 is 0.912. The van der Waals surface area contributed by atoms with Gasteiger partial charge in [0, 0.05) is 5.56 Å². The van der Waals surface area contributed by atoms with Gasteiger partial charge in [-0.2, -0.15) is 0 Å². The molecule has 0 N–H and O–H groups in total. The highest BCUT2D eigenvalue weighted by atomic mass is 32.2. The lowest BCUT2D eigenvalue weighted by Crippen LogP contribution is -2.32. The second-order valence-electron chi connectivity index (χ2n) is 6.31. The highest BCUT2D eigenvalue weighted by Crippen LogP contribution is 2.37. The summed E-state index contributed by atoms with van der Waals surface area (Å²) in [6.07, 6.45) is 1.67. The van der Waals surface area contributed by atoms with Crippen molar-refractivity contribution in [1.29, 1.82) is 0 Å². The van der Waals surface area contributed by atoms with E-state index in [-0.39, 0.29) is 24.3 Å². The number of nitrogens with zero attached hydrogens (tertiary/aromatic N) is 1. The molecule has 7 heteroatoms. The van der Waals surface area contributed by atoms with Gasteiger partial charge in [0.25, 0.3) is 11.1 Å². The number of amides is 2. The number of hydrogen-bond donors (Lipinski definition) is 0. The summed E-state index contributed by atoms with van der Waals surface area (Å²) in [6.45, 7) is 4.75. The molecule has 2 aromatic carbocycles. The number of carbonyl (C=O) groups excluding carboxylic acids is 2. The Kier molecular flexibility index (Phi) is 6.82. The maximum atomic E-state index is 12.7. The third-order valence-electron chi connectivity index (χ3n) is 4.28. The summed E-state index contributed by atoms with van der Waals surface area (Å²) in [5.74, 6) is 1.49. The van der Waals surface area contributed by atoms with Crippen molar-refractivity contribution in [2.45, 2.75) is 13.8 Å². The Bertz CT molecular complexity index is 923. The van der Waals surface area contributed by atoms with E-state index in [2.05, 4.69) is 0 Å². The molecule has 0 atom stereocenters. The fraction of sp³-hybridized carbons (Fsp3) is 0.273. The Balaban J connectivity index is 1.71. The van der Waals surface area contributed by atoms with Crippen LogP contribution in [-0.4, -0.2) is 42.9 Å². The standard InChI is InChI=1S/C22H23NO5S/c1-4-27-20-16(6-5-7-18(20)26-3)14-19-21(24)23(22(25)29-19)12-13-28-17-10-8-15(2)9-11-17/h5-11,14H,4,12-13H2,1-3H3/b19-14-. The third-order valence-corrected chi connectivity index (χ3v) is 5.19. The largest absolute Gasteiger partial charge is 0.493 e. The minimum Gasteiger partial charge on any atom is -0.493 e. The number of hydrogen-bond acceptors (Lipinski definition) is 6. The number of methoxy groups -OCH3 is 1. The van der Waals surface area contributed by atoms with Crippen LogP contribution in [0, 0.1) is 6.92 Å². The van der Waals surface area contributed by atoms with Gasteiger partial charge in [-0.15, -0.1) is 0 Å². The Morgan fingerprint density at radius 2 is 1.83 bits per heavy atom. The van der Waals surface area contributed by atoms with Crippen LogP contribution >= 0.6 is 11.8 Å². The van der Waals surface area contributed by atoms with Crippen LogP contribution in [0.2, 0.25) is 0 Å². The van der Waals surface area contributed by atoms with Crippen LogP contribution in [0.3, 0.4) is 0 Å². The summed E-state index contributed by atoms with van der Waals surface area (Å²) in [4.78, 5) is 26.6. The van der Waals surface area contributed by atoms with Crippen molar-refractivity contribution in [2.24, 2.45) is 0 Å². The maximum Gasteiger partial charge on any atom is 0.293 e. The molecule has 0 aromatic heterocycles. The predicted octanol–water partition coefficient (Wildman–Crippen LogP) is 4.52. The van der Waals surface area contributed by atoms with Gasteiger partial charge < -0.3 is 14.2 Å². The normalized spacial score (nSPS) is 15.1. The molecule has 3 rings (SSSR count). The van der Waals surface area contributed by atoms with E-state index in [1.807, 2.05) is 50.2 Å². The lowest BCUT2D eigenvalue weighted by molar-refractivity contribution is -0.123. The topological polar surface area (TPSA) is 65.1 Å². The van der Waals surface area contributed by atoms with Gasteiger partial charge in [0.15, 0.2) is 11.5 Å². The molecule has 2 amide bonds. The van der Waals surface area contributed by atoms with E-state index in [1.54, 1.807) is 19.3 Å². The fourth-order valence-corrected chi connectivity index (χ4v) is 3.69. The Morgan fingerprint density at radius 3 is 2.52 bits per heavy atom. The van der Waals surface area contributed by atoms with Crippen LogP contribution in [0.5, 0.6) is 17.2 Å². The zero-order chi connectivity index (χ0) is 20.8. The Hall–Kier alpha value is -2.93. The van der Waals surface area contributed by atoms with Crippen molar-refractivity contribution in [3.8, 4) is 17.2 Å². The third kappa shape index (κ3) is 4.92. The number of imide groups is 1. The van der Waals surface area contributed by atoms with Gasteiger partial charge >= 0.3 is 0 Å². The SMILES string of the molecule is CCOc1c(/C=C2\SC(=O)N(CCOc3ccc(C)cc3)C2=O)cccc1OC. The molecule has 0 saturated carbocycles. The smallest absolute Gasteiger partial charge is 0.293 e. The van der Waals surface area contributed by atoms with Crippen LogP contribution in [0.15, 0.2) is 47.4 Å². The van der Waals surface area contributed by atoms with Gasteiger partial charge in [0.1, 0.15) is 12.4 Å². The molecular weight excluding hydrogens is 390 g/mol. The summed E-state index contributed by atoms with van der Waals surface area (Å²) < 4.78 is 16.6. The first-order chi connectivity index (χ1) is 14.0. The molecule has 1 aliphatic rings. The van der Waals surface area contributed by atoms with Gasteiger partial charge in [0.05, 0.1) is 25.2 Å². The van der Waals surface area contributed by atoms with Crippen LogP contribution in [-0.2, 0) is 4.79 Å². The number of thioether (sulfide) groups is 1. The predicted molar refractivity (Wildman–Crippen MR) is 114 cm³/mol. The average molecular weight is 413 g/mol. The van der Waals surface area contributed by atoms with E-state index < -0.39 is 0 Å². The molecule has 1 aliphatic heterocycles. The molecule has 0 unspecified atom stereocenters. The number of rotatable bonds is 8. The van der Waals surface area contributed by atoms with Crippen LogP contribution in [0.1, 0.15) is 18.1 Å². The number of benzene rings is 2. The highest BCUT2D eigenvalue weighted by Gasteiger charge is 2.35. The van der Waals surface area contributed by atoms with Gasteiger partial charge in [-0.05, 0) is 49.9 Å². The molecule has 6 nitrogen and oxygen atoms in total. The summed E-state index contributed by atoms with van der Waals surface area (Å²) in [7, 11) is 1.56. The van der Waals surface area contributed by atoms with E-state index in [0.29, 0.717) is 34.3 Å². The fourth-order valence-electron chi connectivity index (χ4n) is 2.83. The summed E-state index contributed by atoms with van der Waals surface area (Å²) in [6, 6.07) is 13.0. The maximum absolute atomic E-state index is 12.7. The van der Waals surface area contributed by atoms with Crippen molar-refractivity contribution in [2.75, 3.05) is 26.9 Å². The van der Waals surface area contributed by atoms with Crippen LogP contribution in [0.4, 0.5) is 4.79 Å². The first-order valence-electron chi connectivity index (χ1n) is 9.28. The minimum atomic E-state index is -0.335. The Morgan fingerprint density at radius 1 is 1.07 bits per heavy atom. The molecule has 1 heterocycles. The molecule has 1 fully saturated rings. The van der Waals surface area contributed by atoms with Crippen molar-refractivity contribution >= 4 is 29.0 Å². The minimum absolute atomic E-state index is 0.187. The van der Waals surface area contributed by atoms with Gasteiger partial charge in [-0.1, -0.05) is 29.8 Å². The monoisotopic (exact) mass is 413 g/mol. The van der Waals surface area contributed by atoms with Crippen molar-refractivity contribution < 1.29 is 23.8 Å². The van der Waals surface area contributed by atoms with Crippen molar-refractivity contribution in [1.82, 2.24) is 4.90 Å². The van der Waals surface area contributed by atoms with E-state index in [9.17, 15) is 9.59 Å². The molecule has 1 saturated heterocycles. The summed E-state index contributed by atoms with van der Waals surface area (Å²) in [5.41, 5.74) is 1.82. The van der Waals surface area contributed by atoms with E-state index in [4.69, 9.17) is 14.2 Å². The first kappa shape index (κ1) is 20.8. The number of para-hydroxylation sites is 1. The second kappa shape index (κ2) is 9.52. The van der Waals surface area contributed by atoms with E-state index in [1.165, 1.54) is 4.90 Å². The average Bonchev–Trinajstić information content (AvgIpc) is 2.98. The molecule has 0 radical (unpaired) electrons. The van der Waals surface area contributed by atoms with E-state index >= 15 is 0 Å². The summed E-state index contributed by atoms with van der Waals surface area (Å²) in [5, 5.41) is -0.311. The molecular formula is C22H23NO5S. The lowest BCUT2D eigenvalue weighted by Gasteiger charge is -2.13. The van der Waals surface area contributed by atoms with Crippen LogP contribution < -0.4 is 14.2 Å². The van der Waals surface area contributed by atoms with Crippen molar-refractivity contribution in [3.05, 3.63) is 58.5 Å². The highest BCUT2D eigenvalue weighted by molar-refractivity contribution is 8.18. The number of ether oxygens (including phenoxy) is 3. The van der Waals surface area contributed by atoms with Crippen molar-refractivity contribution in [3.63, 3.8) is 0 Å². The van der Waals surface area contributed by atoms with Gasteiger partial charge in [-0.3, -0.25) is 14.5 Å². The molecule has 0 aliphatic carbocycles. The lowest BCUT2D eigenvalue weighted by atomic mass is 10.1. The zero-order valence-electron chi connectivity index (χ0n) is 16.6. The molecule has 29 heavy (non-hydrogen) atoms. The number of carbonyl (C=O) groups is 2. The molecule has 0 bridgehead atoms. The van der Waals surface area contributed by atoms with Gasteiger partial charge in [0.2, 0.25) is 0 Å². The second-order valence-corrected chi connectivity index (χ2v) is 7.30.